The Hall–Kier alpha value is -4.74. The molecule has 0 bridgehead atoms. The quantitative estimate of drug-likeness (QED) is 0.242. The zero-order valence-electron chi connectivity index (χ0n) is 23.2. The topological polar surface area (TPSA) is 133 Å². The highest BCUT2D eigenvalue weighted by Gasteiger charge is 2.20. The Bertz CT molecular complexity index is 1580. The third-order valence-corrected chi connectivity index (χ3v) is 7.11. The fourth-order valence-electron chi connectivity index (χ4n) is 4.55. The van der Waals surface area contributed by atoms with Crippen molar-refractivity contribution < 1.29 is 23.8 Å². The van der Waals surface area contributed by atoms with Crippen LogP contribution in [0.3, 0.4) is 0 Å². The second-order valence-electron chi connectivity index (χ2n) is 9.55. The van der Waals surface area contributed by atoms with Crippen molar-refractivity contribution >= 4 is 46.3 Å². The first kappa shape index (κ1) is 28.8. The third-order valence-electron chi connectivity index (χ3n) is 6.82. The van der Waals surface area contributed by atoms with E-state index >= 15 is 0 Å². The predicted molar refractivity (Wildman–Crippen MR) is 162 cm³/mol. The van der Waals surface area contributed by atoms with Crippen molar-refractivity contribution in [2.45, 2.75) is 6.54 Å². The molecule has 2 heterocycles. The van der Waals surface area contributed by atoms with Crippen LogP contribution in [0.4, 0.5) is 22.9 Å². The molecule has 1 fully saturated rings. The lowest BCUT2D eigenvalue weighted by atomic mass is 10.2. The summed E-state index contributed by atoms with van der Waals surface area (Å²) in [6, 6.07) is 19.1. The number of ether oxygens (including phenoxy) is 3. The van der Waals surface area contributed by atoms with E-state index < -0.39 is 11.8 Å². The molecule has 42 heavy (non-hydrogen) atoms. The minimum Gasteiger partial charge on any atom is -0.497 e. The molecule has 4 N–H and O–H groups in total. The van der Waals surface area contributed by atoms with E-state index in [0.717, 1.165) is 24.3 Å². The number of anilines is 4. The van der Waals surface area contributed by atoms with Gasteiger partial charge in [-0.15, -0.1) is 0 Å². The van der Waals surface area contributed by atoms with Gasteiger partial charge in [-0.05, 0) is 54.1 Å². The van der Waals surface area contributed by atoms with Crippen LogP contribution in [-0.4, -0.2) is 62.1 Å². The summed E-state index contributed by atoms with van der Waals surface area (Å²) in [6.07, 6.45) is 0. The van der Waals surface area contributed by atoms with Crippen molar-refractivity contribution in [2.75, 3.05) is 61.8 Å². The van der Waals surface area contributed by atoms with E-state index in [2.05, 4.69) is 20.6 Å². The molecule has 5 rings (SSSR count). The number of aromatic nitrogens is 2. The van der Waals surface area contributed by atoms with Gasteiger partial charge in [0, 0.05) is 30.4 Å². The lowest BCUT2D eigenvalue weighted by Gasteiger charge is -2.29. The summed E-state index contributed by atoms with van der Waals surface area (Å²) >= 11 is 6.20. The average Bonchev–Trinajstić information content (AvgIpc) is 3.40. The summed E-state index contributed by atoms with van der Waals surface area (Å²) in [5.74, 6) is 0.479. The number of nitrogens with one attached hydrogen (secondary N) is 2. The van der Waals surface area contributed by atoms with Gasteiger partial charge >= 0.3 is 0 Å². The highest BCUT2D eigenvalue weighted by molar-refractivity contribution is 6.32. The number of morpholine rings is 1. The van der Waals surface area contributed by atoms with Gasteiger partial charge in [-0.3, -0.25) is 14.3 Å². The van der Waals surface area contributed by atoms with E-state index in [4.69, 9.17) is 31.5 Å². The molecule has 0 saturated carbocycles. The third kappa shape index (κ3) is 6.59. The Morgan fingerprint density at radius 3 is 2.38 bits per heavy atom. The molecular formula is C30H31ClN6O5. The maximum atomic E-state index is 13.5. The largest absolute Gasteiger partial charge is 0.497 e. The molecule has 3 aromatic carbocycles. The SMILES string of the molecule is COc1ccc(Cn2nc(NC(=O)c3ccc(OC)c(Cl)c3)cc2C(=O)Nc2ccc(N3CCOCC3)cc2N)cc1. The van der Waals surface area contributed by atoms with Gasteiger partial charge in [0.25, 0.3) is 11.8 Å². The second-order valence-corrected chi connectivity index (χ2v) is 9.96. The fraction of sp³-hybridized carbons (Fsp3) is 0.233. The minimum atomic E-state index is -0.441. The van der Waals surface area contributed by atoms with Crippen molar-refractivity contribution in [1.82, 2.24) is 9.78 Å². The maximum Gasteiger partial charge on any atom is 0.274 e. The number of methoxy groups -OCH3 is 2. The van der Waals surface area contributed by atoms with E-state index in [-0.39, 0.29) is 18.1 Å². The number of nitrogens with two attached hydrogens (primary N) is 1. The molecule has 2 amide bonds. The van der Waals surface area contributed by atoms with Gasteiger partial charge in [-0.25, -0.2) is 0 Å². The van der Waals surface area contributed by atoms with Crippen LogP contribution in [0.2, 0.25) is 5.02 Å². The number of carbonyl (C=O) groups is 2. The van der Waals surface area contributed by atoms with E-state index in [1.807, 2.05) is 36.4 Å². The van der Waals surface area contributed by atoms with E-state index in [0.29, 0.717) is 46.7 Å². The van der Waals surface area contributed by atoms with Crippen molar-refractivity contribution in [2.24, 2.45) is 0 Å². The monoisotopic (exact) mass is 590 g/mol. The Kier molecular flexibility index (Phi) is 8.80. The molecule has 218 valence electrons. The zero-order valence-corrected chi connectivity index (χ0v) is 24.0. The number of halogens is 1. The van der Waals surface area contributed by atoms with Gasteiger partial charge in [0.2, 0.25) is 0 Å². The van der Waals surface area contributed by atoms with E-state index in [1.165, 1.54) is 23.9 Å². The average molecular weight is 591 g/mol. The van der Waals surface area contributed by atoms with Crippen molar-refractivity contribution in [3.63, 3.8) is 0 Å². The van der Waals surface area contributed by atoms with E-state index in [1.54, 1.807) is 25.3 Å². The van der Waals surface area contributed by atoms with Crippen LogP contribution in [-0.2, 0) is 11.3 Å². The molecule has 1 saturated heterocycles. The van der Waals surface area contributed by atoms with Crippen LogP contribution in [0.5, 0.6) is 11.5 Å². The number of nitrogen functional groups attached to an aromatic ring is 1. The molecule has 1 aliphatic heterocycles. The molecule has 1 aromatic heterocycles. The Labute approximate surface area is 248 Å². The van der Waals surface area contributed by atoms with Gasteiger partial charge in [0.1, 0.15) is 17.2 Å². The molecule has 12 heteroatoms. The van der Waals surface area contributed by atoms with Crippen LogP contribution < -0.4 is 30.7 Å². The number of nitrogens with zero attached hydrogens (tertiary/aromatic N) is 3. The first-order chi connectivity index (χ1) is 20.3. The lowest BCUT2D eigenvalue weighted by Crippen LogP contribution is -2.36. The molecule has 11 nitrogen and oxygen atoms in total. The number of hydrogen-bond acceptors (Lipinski definition) is 8. The van der Waals surface area contributed by atoms with Crippen molar-refractivity contribution in [1.29, 1.82) is 0 Å². The standard InChI is InChI=1S/C30H31ClN6O5/c1-40-22-7-3-19(4-8-22)18-37-26(17-28(35-37)34-29(38)20-5-10-27(41-2)23(31)15-20)30(39)33-25-9-6-21(16-24(25)32)36-11-13-42-14-12-36/h3-10,15-17H,11-14,18,32H2,1-2H3,(H,33,39)(H,34,35,38). The summed E-state index contributed by atoms with van der Waals surface area (Å²) in [6.45, 7) is 3.12. The van der Waals surface area contributed by atoms with Gasteiger partial charge in [0.05, 0.1) is 50.4 Å². The maximum absolute atomic E-state index is 13.5. The van der Waals surface area contributed by atoms with Crippen LogP contribution >= 0.6 is 11.6 Å². The smallest absolute Gasteiger partial charge is 0.274 e. The molecule has 0 unspecified atom stereocenters. The van der Waals surface area contributed by atoms with Gasteiger partial charge in [0.15, 0.2) is 5.82 Å². The Balaban J connectivity index is 1.39. The molecule has 0 radical (unpaired) electrons. The number of carbonyl (C=O) groups excluding carboxylic acids is 2. The summed E-state index contributed by atoms with van der Waals surface area (Å²) < 4.78 is 17.4. The van der Waals surface area contributed by atoms with Crippen molar-refractivity contribution in [3.8, 4) is 11.5 Å². The molecule has 0 atom stereocenters. The van der Waals surface area contributed by atoms with Crippen molar-refractivity contribution in [3.05, 3.63) is 88.6 Å². The van der Waals surface area contributed by atoms with Crippen LogP contribution in [0, 0.1) is 0 Å². The minimum absolute atomic E-state index is 0.196. The number of benzene rings is 3. The highest BCUT2D eigenvalue weighted by Crippen LogP contribution is 2.28. The molecule has 1 aliphatic rings. The highest BCUT2D eigenvalue weighted by atomic mass is 35.5. The van der Waals surface area contributed by atoms with Gasteiger partial charge < -0.3 is 35.5 Å². The second kappa shape index (κ2) is 12.8. The first-order valence-corrected chi connectivity index (χ1v) is 13.6. The van der Waals surface area contributed by atoms with E-state index in [9.17, 15) is 9.59 Å². The van der Waals surface area contributed by atoms with Crippen LogP contribution in [0.25, 0.3) is 0 Å². The first-order valence-electron chi connectivity index (χ1n) is 13.2. The summed E-state index contributed by atoms with van der Waals surface area (Å²) in [5.41, 5.74) is 9.60. The molecule has 0 aliphatic carbocycles. The normalized spacial score (nSPS) is 13.0. The summed E-state index contributed by atoms with van der Waals surface area (Å²) in [5, 5.41) is 10.5. The fourth-order valence-corrected chi connectivity index (χ4v) is 4.81. The Morgan fingerprint density at radius 1 is 0.952 bits per heavy atom. The molecular weight excluding hydrogens is 560 g/mol. The summed E-state index contributed by atoms with van der Waals surface area (Å²) in [7, 11) is 3.09. The zero-order chi connectivity index (χ0) is 29.6. The van der Waals surface area contributed by atoms with Gasteiger partial charge in [-0.1, -0.05) is 23.7 Å². The van der Waals surface area contributed by atoms with Crippen LogP contribution in [0.15, 0.2) is 66.7 Å². The summed E-state index contributed by atoms with van der Waals surface area (Å²) in [4.78, 5) is 28.7. The molecule has 4 aromatic rings. The predicted octanol–water partition coefficient (Wildman–Crippen LogP) is 4.53. The number of hydrogen-bond donors (Lipinski definition) is 3. The molecule has 0 spiro atoms. The van der Waals surface area contributed by atoms with Gasteiger partial charge in [-0.2, -0.15) is 5.10 Å². The van der Waals surface area contributed by atoms with Crippen LogP contribution in [0.1, 0.15) is 26.4 Å². The lowest BCUT2D eigenvalue weighted by molar-refractivity contribution is 0.101. The Morgan fingerprint density at radius 2 is 1.71 bits per heavy atom. The number of rotatable bonds is 9. The number of amides is 2.